The zero-order chi connectivity index (χ0) is 11.4. The van der Waals surface area contributed by atoms with Crippen molar-refractivity contribution in [1.29, 1.82) is 0 Å². The van der Waals surface area contributed by atoms with Gasteiger partial charge in [0.15, 0.2) is 5.96 Å². The molecule has 94 valence electrons. The first-order valence-corrected chi connectivity index (χ1v) is 5.33. The van der Waals surface area contributed by atoms with Crippen LogP contribution in [-0.4, -0.2) is 42.4 Å². The minimum Gasteiger partial charge on any atom is -0.370 e. The predicted octanol–water partition coefficient (Wildman–Crippen LogP) is 0.538. The highest BCUT2D eigenvalue weighted by Gasteiger charge is 2.27. The summed E-state index contributed by atoms with van der Waals surface area (Å²) in [6.45, 7) is 3.95. The van der Waals surface area contributed by atoms with Crippen LogP contribution in [0.1, 0.15) is 26.7 Å². The lowest BCUT2D eigenvalue weighted by molar-refractivity contribution is -0.120. The number of amides is 1. The molecule has 0 aromatic carbocycles. The largest absolute Gasteiger partial charge is 0.370 e. The fraction of sp³-hybridized carbons (Fsp3) is 0.800. The molecule has 0 bridgehead atoms. The number of carbonyl (C=O) groups excluding carboxylic acids is 1. The molecule has 1 saturated carbocycles. The van der Waals surface area contributed by atoms with Gasteiger partial charge in [0.1, 0.15) is 6.54 Å². The zero-order valence-corrected chi connectivity index (χ0v) is 12.4. The van der Waals surface area contributed by atoms with Gasteiger partial charge in [-0.1, -0.05) is 0 Å². The molecule has 0 heterocycles. The third kappa shape index (κ3) is 5.53. The molecule has 1 rings (SSSR count). The Morgan fingerprint density at radius 2 is 2.12 bits per heavy atom. The van der Waals surface area contributed by atoms with E-state index in [1.807, 2.05) is 25.8 Å². The van der Waals surface area contributed by atoms with E-state index in [0.717, 1.165) is 0 Å². The Morgan fingerprint density at radius 1 is 1.56 bits per heavy atom. The molecule has 0 aromatic rings. The highest BCUT2D eigenvalue weighted by molar-refractivity contribution is 14.0. The summed E-state index contributed by atoms with van der Waals surface area (Å²) < 4.78 is 0. The van der Waals surface area contributed by atoms with E-state index in [-0.39, 0.29) is 42.5 Å². The Labute approximate surface area is 114 Å². The van der Waals surface area contributed by atoms with Gasteiger partial charge in [0.25, 0.3) is 0 Å². The first-order valence-electron chi connectivity index (χ1n) is 5.33. The fourth-order valence-electron chi connectivity index (χ4n) is 1.28. The molecule has 0 unspecified atom stereocenters. The molecule has 0 radical (unpaired) electrons. The minimum absolute atomic E-state index is 0. The van der Waals surface area contributed by atoms with E-state index in [1.54, 1.807) is 0 Å². The number of nitrogens with one attached hydrogen (secondary N) is 1. The molecule has 0 spiro atoms. The molecule has 6 heteroatoms. The number of halogens is 1. The number of rotatable bonds is 4. The maximum absolute atomic E-state index is 11.3. The van der Waals surface area contributed by atoms with Crippen LogP contribution in [0.5, 0.6) is 0 Å². The first kappa shape index (κ1) is 15.5. The van der Waals surface area contributed by atoms with Crippen molar-refractivity contribution < 1.29 is 4.79 Å². The molecule has 1 fully saturated rings. The molecule has 1 aliphatic rings. The van der Waals surface area contributed by atoms with Gasteiger partial charge in [-0.25, -0.2) is 4.99 Å². The van der Waals surface area contributed by atoms with Gasteiger partial charge in [-0.3, -0.25) is 4.79 Å². The molecule has 1 amide bonds. The van der Waals surface area contributed by atoms with Crippen LogP contribution in [0.25, 0.3) is 0 Å². The van der Waals surface area contributed by atoms with Crippen molar-refractivity contribution in [3.63, 3.8) is 0 Å². The summed E-state index contributed by atoms with van der Waals surface area (Å²) >= 11 is 0. The van der Waals surface area contributed by atoms with Gasteiger partial charge >= 0.3 is 0 Å². The summed E-state index contributed by atoms with van der Waals surface area (Å²) in [5.74, 6) is 0.369. The van der Waals surface area contributed by atoms with Gasteiger partial charge in [0, 0.05) is 19.1 Å². The van der Waals surface area contributed by atoms with E-state index >= 15 is 0 Å². The minimum atomic E-state index is -0.0860. The van der Waals surface area contributed by atoms with Crippen molar-refractivity contribution in [2.45, 2.75) is 38.8 Å². The zero-order valence-electron chi connectivity index (χ0n) is 10.1. The molecule has 0 aromatic heterocycles. The van der Waals surface area contributed by atoms with Crippen LogP contribution in [0.2, 0.25) is 0 Å². The SMILES string of the molecule is CC(C)NC(=O)CN=C(N)N(C)C1CC1.I. The summed E-state index contributed by atoms with van der Waals surface area (Å²) in [6, 6.07) is 0.678. The number of hydrogen-bond donors (Lipinski definition) is 2. The van der Waals surface area contributed by atoms with Gasteiger partial charge in [-0.05, 0) is 26.7 Å². The molecular weight excluding hydrogens is 319 g/mol. The van der Waals surface area contributed by atoms with Crippen LogP contribution in [0.4, 0.5) is 0 Å². The summed E-state index contributed by atoms with van der Waals surface area (Å²) in [5, 5.41) is 2.76. The van der Waals surface area contributed by atoms with Crippen LogP contribution in [0.3, 0.4) is 0 Å². The number of carbonyl (C=O) groups is 1. The number of hydrogen-bond acceptors (Lipinski definition) is 2. The maximum atomic E-state index is 11.3. The maximum Gasteiger partial charge on any atom is 0.242 e. The molecule has 0 atom stereocenters. The van der Waals surface area contributed by atoms with Crippen molar-refractivity contribution in [3.8, 4) is 0 Å². The van der Waals surface area contributed by atoms with Crippen LogP contribution in [-0.2, 0) is 4.79 Å². The van der Waals surface area contributed by atoms with E-state index in [2.05, 4.69) is 10.3 Å². The topological polar surface area (TPSA) is 70.7 Å². The number of nitrogens with two attached hydrogens (primary N) is 1. The summed E-state index contributed by atoms with van der Waals surface area (Å²) in [7, 11) is 1.91. The van der Waals surface area contributed by atoms with Crippen LogP contribution < -0.4 is 11.1 Å². The van der Waals surface area contributed by atoms with Gasteiger partial charge in [-0.2, -0.15) is 0 Å². The summed E-state index contributed by atoms with van der Waals surface area (Å²) in [5.41, 5.74) is 5.73. The first-order chi connectivity index (χ1) is 7.00. The van der Waals surface area contributed by atoms with Crippen molar-refractivity contribution in [2.24, 2.45) is 10.7 Å². The monoisotopic (exact) mass is 340 g/mol. The highest BCUT2D eigenvalue weighted by Crippen LogP contribution is 2.24. The third-order valence-corrected chi connectivity index (χ3v) is 2.29. The smallest absolute Gasteiger partial charge is 0.242 e. The molecule has 1 aliphatic carbocycles. The van der Waals surface area contributed by atoms with E-state index in [4.69, 9.17) is 5.73 Å². The van der Waals surface area contributed by atoms with Crippen LogP contribution >= 0.6 is 24.0 Å². The Kier molecular flexibility index (Phi) is 6.70. The predicted molar refractivity (Wildman–Crippen MR) is 76.0 cm³/mol. The highest BCUT2D eigenvalue weighted by atomic mass is 127. The molecule has 5 nitrogen and oxygen atoms in total. The van der Waals surface area contributed by atoms with E-state index in [0.29, 0.717) is 12.0 Å². The Balaban J connectivity index is 0.00000225. The average Bonchev–Trinajstić information content (AvgIpc) is 2.95. The fourth-order valence-corrected chi connectivity index (χ4v) is 1.28. The number of guanidine groups is 1. The lowest BCUT2D eigenvalue weighted by Gasteiger charge is -2.16. The quantitative estimate of drug-likeness (QED) is 0.446. The molecular formula is C10H21IN4O. The standard InChI is InChI=1S/C10H20N4O.HI/c1-7(2)13-9(15)6-12-10(11)14(3)8-4-5-8;/h7-8H,4-6H2,1-3H3,(H2,11,12)(H,13,15);1H. The average molecular weight is 340 g/mol. The normalized spacial score (nSPS) is 15.6. The molecule has 3 N–H and O–H groups in total. The lowest BCUT2D eigenvalue weighted by atomic mass is 10.4. The van der Waals surface area contributed by atoms with Gasteiger partial charge < -0.3 is 16.0 Å². The number of aliphatic imine (C=N–C) groups is 1. The second-order valence-corrected chi connectivity index (χ2v) is 4.24. The molecule has 0 saturated heterocycles. The van der Waals surface area contributed by atoms with Crippen molar-refractivity contribution >= 4 is 35.8 Å². The van der Waals surface area contributed by atoms with Crippen molar-refractivity contribution in [3.05, 3.63) is 0 Å². The second-order valence-electron chi connectivity index (χ2n) is 4.24. The Bertz CT molecular complexity index is 264. The summed E-state index contributed by atoms with van der Waals surface area (Å²) in [6.07, 6.45) is 2.34. The van der Waals surface area contributed by atoms with E-state index in [9.17, 15) is 4.79 Å². The molecule has 0 aliphatic heterocycles. The lowest BCUT2D eigenvalue weighted by Crippen LogP contribution is -2.38. The van der Waals surface area contributed by atoms with Crippen molar-refractivity contribution in [2.75, 3.05) is 13.6 Å². The van der Waals surface area contributed by atoms with Gasteiger partial charge in [0.05, 0.1) is 0 Å². The van der Waals surface area contributed by atoms with E-state index < -0.39 is 0 Å². The van der Waals surface area contributed by atoms with E-state index in [1.165, 1.54) is 12.8 Å². The van der Waals surface area contributed by atoms with Gasteiger partial charge in [-0.15, -0.1) is 24.0 Å². The number of nitrogens with zero attached hydrogens (tertiary/aromatic N) is 2. The summed E-state index contributed by atoms with van der Waals surface area (Å²) in [4.78, 5) is 17.3. The third-order valence-electron chi connectivity index (χ3n) is 2.29. The Hall–Kier alpha value is -0.530. The second kappa shape index (κ2) is 6.93. The van der Waals surface area contributed by atoms with Crippen LogP contribution in [0, 0.1) is 0 Å². The molecule has 16 heavy (non-hydrogen) atoms. The van der Waals surface area contributed by atoms with Crippen molar-refractivity contribution in [1.82, 2.24) is 10.2 Å². The van der Waals surface area contributed by atoms with Crippen LogP contribution in [0.15, 0.2) is 4.99 Å². The Morgan fingerprint density at radius 3 is 2.56 bits per heavy atom. The van der Waals surface area contributed by atoms with Gasteiger partial charge in [0.2, 0.25) is 5.91 Å².